The molecule has 2 aromatic heterocycles. The molecule has 8 nitrogen and oxygen atoms in total. The summed E-state index contributed by atoms with van der Waals surface area (Å²) in [5.41, 5.74) is -2.01. The van der Waals surface area contributed by atoms with Crippen LogP contribution in [0.4, 0.5) is 18.9 Å². The summed E-state index contributed by atoms with van der Waals surface area (Å²) in [5, 5.41) is 10.2. The van der Waals surface area contributed by atoms with Crippen LogP contribution in [0.15, 0.2) is 36.7 Å². The van der Waals surface area contributed by atoms with E-state index in [9.17, 15) is 26.7 Å². The number of hydrogen-bond donors (Lipinski definition) is 2. The van der Waals surface area contributed by atoms with E-state index in [2.05, 4.69) is 4.98 Å². The van der Waals surface area contributed by atoms with Crippen molar-refractivity contribution in [3.8, 4) is 17.0 Å². The molecule has 4 rings (SSSR count). The number of sulfonamides is 1. The Kier molecular flexibility index (Phi) is 6.69. The van der Waals surface area contributed by atoms with Gasteiger partial charge in [0.15, 0.2) is 0 Å². The van der Waals surface area contributed by atoms with Crippen LogP contribution in [0.1, 0.15) is 18.4 Å². The number of hydrogen-bond acceptors (Lipinski definition) is 6. The predicted molar refractivity (Wildman–Crippen MR) is 121 cm³/mol. The summed E-state index contributed by atoms with van der Waals surface area (Å²) in [5.74, 6) is 0.446. The lowest BCUT2D eigenvalue weighted by molar-refractivity contribution is -0.0451. The van der Waals surface area contributed by atoms with Crippen LogP contribution in [0, 0.1) is 0 Å². The Morgan fingerprint density at radius 2 is 1.97 bits per heavy atom. The van der Waals surface area contributed by atoms with Crippen molar-refractivity contribution in [2.45, 2.75) is 31.0 Å². The number of alkyl halides is 3. The van der Waals surface area contributed by atoms with Gasteiger partial charge in [-0.1, -0.05) is 11.6 Å². The molecule has 1 aromatic carbocycles. The van der Waals surface area contributed by atoms with Crippen LogP contribution in [0.2, 0.25) is 5.02 Å². The molecular weight excluding hydrogens is 497 g/mol. The van der Waals surface area contributed by atoms with Crippen LogP contribution < -0.4 is 14.4 Å². The van der Waals surface area contributed by atoms with Gasteiger partial charge in [-0.3, -0.25) is 0 Å². The third-order valence-electron chi connectivity index (χ3n) is 5.75. The van der Waals surface area contributed by atoms with Gasteiger partial charge in [-0.05, 0) is 36.6 Å². The van der Waals surface area contributed by atoms with E-state index in [4.69, 9.17) is 16.3 Å². The van der Waals surface area contributed by atoms with Gasteiger partial charge in [0.25, 0.3) is 0 Å². The van der Waals surface area contributed by atoms with Gasteiger partial charge in [0.2, 0.25) is 0 Å². The van der Waals surface area contributed by atoms with Crippen molar-refractivity contribution in [3.05, 3.63) is 47.2 Å². The standard InChI is InChI=1S/C21H22ClF3N4O4S/c1-33-19-8-13(12-30)16(10-17(19)22)18-11-29-7-4-15(9-20(29)26-18)28-5-2-14(3-6-28)27-34(31,32)21(23,24)25/h4,7-11,14,27,30H,2-3,5-6,12H2,1H3. The molecule has 1 fully saturated rings. The average molecular weight is 519 g/mol. The molecule has 1 aliphatic heterocycles. The molecule has 0 unspecified atom stereocenters. The number of aromatic nitrogens is 2. The van der Waals surface area contributed by atoms with Crippen molar-refractivity contribution in [2.75, 3.05) is 25.1 Å². The number of rotatable bonds is 6. The lowest BCUT2D eigenvalue weighted by atomic mass is 10.1. The normalized spacial score (nSPS) is 15.8. The Morgan fingerprint density at radius 3 is 2.59 bits per heavy atom. The molecule has 184 valence electrons. The first kappa shape index (κ1) is 24.6. The number of piperidine rings is 1. The molecule has 3 aromatic rings. The summed E-state index contributed by atoms with van der Waals surface area (Å²) < 4.78 is 69.3. The van der Waals surface area contributed by atoms with E-state index in [0.717, 1.165) is 5.69 Å². The first-order valence-corrected chi connectivity index (χ1v) is 12.2. The maximum absolute atomic E-state index is 12.6. The van der Waals surface area contributed by atoms with E-state index in [1.54, 1.807) is 23.1 Å². The summed E-state index contributed by atoms with van der Waals surface area (Å²) in [6.07, 6.45) is 4.09. The number of pyridine rings is 1. The largest absolute Gasteiger partial charge is 0.511 e. The maximum atomic E-state index is 12.6. The second kappa shape index (κ2) is 9.25. The number of benzene rings is 1. The molecule has 0 spiro atoms. The smallest absolute Gasteiger partial charge is 0.495 e. The van der Waals surface area contributed by atoms with Gasteiger partial charge in [0.05, 0.1) is 24.4 Å². The zero-order valence-electron chi connectivity index (χ0n) is 18.0. The molecular formula is C21H22ClF3N4O4S. The molecule has 1 aliphatic rings. The molecule has 34 heavy (non-hydrogen) atoms. The van der Waals surface area contributed by atoms with Crippen LogP contribution in [0.25, 0.3) is 16.9 Å². The van der Waals surface area contributed by atoms with Gasteiger partial charge in [-0.15, -0.1) is 0 Å². The van der Waals surface area contributed by atoms with Crippen molar-refractivity contribution in [1.82, 2.24) is 14.1 Å². The number of fused-ring (bicyclic) bond motifs is 1. The third kappa shape index (κ3) is 4.81. The minimum Gasteiger partial charge on any atom is -0.495 e. The number of nitrogens with zero attached hydrogens (tertiary/aromatic N) is 3. The molecule has 0 aliphatic carbocycles. The van der Waals surface area contributed by atoms with Crippen LogP contribution in [0.3, 0.4) is 0 Å². The number of aliphatic hydroxyl groups is 1. The summed E-state index contributed by atoms with van der Waals surface area (Å²) >= 11 is 6.26. The molecule has 0 bridgehead atoms. The third-order valence-corrected chi connectivity index (χ3v) is 7.30. The molecule has 0 radical (unpaired) electrons. The fourth-order valence-electron chi connectivity index (χ4n) is 3.96. The first-order chi connectivity index (χ1) is 16.0. The highest BCUT2D eigenvalue weighted by molar-refractivity contribution is 7.90. The number of nitrogens with one attached hydrogen (secondary N) is 1. The Balaban J connectivity index is 1.52. The van der Waals surface area contributed by atoms with Gasteiger partial charge in [-0.25, -0.2) is 18.1 Å². The molecule has 0 amide bonds. The summed E-state index contributed by atoms with van der Waals surface area (Å²) in [7, 11) is -3.87. The second-order valence-corrected chi connectivity index (χ2v) is 10.0. The zero-order valence-corrected chi connectivity index (χ0v) is 19.6. The minimum absolute atomic E-state index is 0.227. The maximum Gasteiger partial charge on any atom is 0.511 e. The second-order valence-electron chi connectivity index (χ2n) is 7.91. The van der Waals surface area contributed by atoms with E-state index in [1.807, 2.05) is 27.6 Å². The van der Waals surface area contributed by atoms with Crippen LogP contribution in [-0.4, -0.2) is 54.7 Å². The Bertz CT molecular complexity index is 1310. The van der Waals surface area contributed by atoms with Crippen molar-refractivity contribution in [2.24, 2.45) is 0 Å². The Labute approximate surface area is 199 Å². The van der Waals surface area contributed by atoms with Gasteiger partial charge >= 0.3 is 15.5 Å². The highest BCUT2D eigenvalue weighted by Crippen LogP contribution is 2.34. The van der Waals surface area contributed by atoms with E-state index in [0.29, 0.717) is 46.3 Å². The van der Waals surface area contributed by atoms with Gasteiger partial charge < -0.3 is 19.1 Å². The first-order valence-electron chi connectivity index (χ1n) is 10.3. The van der Waals surface area contributed by atoms with Crippen molar-refractivity contribution in [1.29, 1.82) is 0 Å². The van der Waals surface area contributed by atoms with Crippen LogP contribution >= 0.6 is 11.6 Å². The van der Waals surface area contributed by atoms with E-state index in [-0.39, 0.29) is 19.4 Å². The molecule has 3 heterocycles. The zero-order chi connectivity index (χ0) is 24.7. The van der Waals surface area contributed by atoms with Crippen LogP contribution in [-0.2, 0) is 16.6 Å². The van der Waals surface area contributed by atoms with Gasteiger partial charge in [-0.2, -0.15) is 13.2 Å². The van der Waals surface area contributed by atoms with Gasteiger partial charge in [0.1, 0.15) is 11.4 Å². The lowest BCUT2D eigenvalue weighted by Gasteiger charge is -2.33. The summed E-state index contributed by atoms with van der Waals surface area (Å²) in [6.45, 7) is 0.546. The van der Waals surface area contributed by atoms with E-state index >= 15 is 0 Å². The number of imidazole rings is 1. The molecule has 2 N–H and O–H groups in total. The molecule has 0 atom stereocenters. The topological polar surface area (TPSA) is 96.2 Å². The number of anilines is 1. The highest BCUT2D eigenvalue weighted by Gasteiger charge is 2.47. The van der Waals surface area contributed by atoms with Gasteiger partial charge in [0, 0.05) is 48.8 Å². The van der Waals surface area contributed by atoms with Crippen molar-refractivity contribution in [3.63, 3.8) is 0 Å². The fraction of sp³-hybridized carbons (Fsp3) is 0.381. The summed E-state index contributed by atoms with van der Waals surface area (Å²) in [6, 6.07) is 6.26. The van der Waals surface area contributed by atoms with Crippen molar-refractivity contribution >= 4 is 33.0 Å². The monoisotopic (exact) mass is 518 g/mol. The predicted octanol–water partition coefficient (Wildman–Crippen LogP) is 3.56. The quantitative estimate of drug-likeness (QED) is 0.518. The highest BCUT2D eigenvalue weighted by atomic mass is 35.5. The van der Waals surface area contributed by atoms with E-state index in [1.165, 1.54) is 7.11 Å². The SMILES string of the molecule is COc1cc(CO)c(-c2cn3ccc(N4CCC(NS(=O)(=O)C(F)(F)F)CC4)cc3n2)cc1Cl. The molecule has 13 heteroatoms. The fourth-order valence-corrected chi connectivity index (χ4v) is 5.01. The number of aliphatic hydroxyl groups excluding tert-OH is 1. The Morgan fingerprint density at radius 1 is 1.26 bits per heavy atom. The Hall–Kier alpha value is -2.54. The van der Waals surface area contributed by atoms with Crippen LogP contribution in [0.5, 0.6) is 5.75 Å². The number of methoxy groups -OCH3 is 1. The van der Waals surface area contributed by atoms with E-state index < -0.39 is 21.6 Å². The molecule has 1 saturated heterocycles. The molecule has 0 saturated carbocycles. The van der Waals surface area contributed by atoms with Crippen molar-refractivity contribution < 1.29 is 31.4 Å². The lowest BCUT2D eigenvalue weighted by Crippen LogP contribution is -2.48. The number of halogens is 4. The average Bonchev–Trinajstić information content (AvgIpc) is 3.21. The number of ether oxygens (including phenoxy) is 1. The summed E-state index contributed by atoms with van der Waals surface area (Å²) in [4.78, 5) is 6.61. The minimum atomic E-state index is -5.36.